The predicted octanol–water partition coefficient (Wildman–Crippen LogP) is 1.33. The molecule has 1 fully saturated rings. The van der Waals surface area contributed by atoms with E-state index in [1.165, 1.54) is 32.1 Å². The number of hydrogen-bond acceptors (Lipinski definition) is 5. The van der Waals surface area contributed by atoms with Crippen molar-refractivity contribution in [3.8, 4) is 0 Å². The van der Waals surface area contributed by atoms with Crippen molar-refractivity contribution in [1.82, 2.24) is 15.3 Å². The zero-order valence-electron chi connectivity index (χ0n) is 11.7. The smallest absolute Gasteiger partial charge is 0.225 e. The molecule has 1 aliphatic rings. The van der Waals surface area contributed by atoms with Crippen molar-refractivity contribution in [3.63, 3.8) is 0 Å². The minimum absolute atomic E-state index is 0.151. The molecule has 19 heavy (non-hydrogen) atoms. The van der Waals surface area contributed by atoms with Crippen LogP contribution < -0.4 is 10.2 Å². The van der Waals surface area contributed by atoms with E-state index in [0.717, 1.165) is 18.1 Å². The SMILES string of the molecule is CNCc1cnc(N(CCO)C2CCCCC2)nc1. The fourth-order valence-corrected chi connectivity index (χ4v) is 2.74. The van der Waals surface area contributed by atoms with Crippen LogP contribution in [-0.2, 0) is 6.54 Å². The van der Waals surface area contributed by atoms with Gasteiger partial charge in [0.15, 0.2) is 0 Å². The van der Waals surface area contributed by atoms with Gasteiger partial charge in [-0.15, -0.1) is 0 Å². The van der Waals surface area contributed by atoms with Crippen LogP contribution >= 0.6 is 0 Å². The Kier molecular flexibility index (Phi) is 5.54. The molecule has 0 unspecified atom stereocenters. The Balaban J connectivity index is 2.08. The molecule has 0 amide bonds. The summed E-state index contributed by atoms with van der Waals surface area (Å²) in [5, 5.41) is 12.3. The summed E-state index contributed by atoms with van der Waals surface area (Å²) in [5.41, 5.74) is 1.08. The van der Waals surface area contributed by atoms with Gasteiger partial charge in [-0.3, -0.25) is 0 Å². The Morgan fingerprint density at radius 3 is 2.53 bits per heavy atom. The minimum atomic E-state index is 0.151. The molecular weight excluding hydrogens is 240 g/mol. The number of aromatic nitrogens is 2. The molecule has 0 atom stereocenters. The van der Waals surface area contributed by atoms with Crippen LogP contribution in [0.4, 0.5) is 5.95 Å². The highest BCUT2D eigenvalue weighted by Crippen LogP contribution is 2.24. The molecule has 2 rings (SSSR count). The lowest BCUT2D eigenvalue weighted by molar-refractivity contribution is 0.288. The molecule has 0 saturated heterocycles. The highest BCUT2D eigenvalue weighted by atomic mass is 16.3. The molecule has 2 N–H and O–H groups in total. The Labute approximate surface area is 115 Å². The summed E-state index contributed by atoms with van der Waals surface area (Å²) in [6, 6.07) is 0.482. The second-order valence-electron chi connectivity index (χ2n) is 5.13. The molecular formula is C14H24N4O. The second kappa shape index (κ2) is 7.40. The number of aliphatic hydroxyl groups is 1. The van der Waals surface area contributed by atoms with Crippen molar-refractivity contribution in [2.75, 3.05) is 25.1 Å². The lowest BCUT2D eigenvalue weighted by Crippen LogP contribution is -2.40. The van der Waals surface area contributed by atoms with Crippen molar-refractivity contribution in [2.45, 2.75) is 44.7 Å². The molecule has 0 aliphatic heterocycles. The Hall–Kier alpha value is -1.20. The van der Waals surface area contributed by atoms with Crippen LogP contribution in [0.1, 0.15) is 37.7 Å². The van der Waals surface area contributed by atoms with Gasteiger partial charge in [-0.2, -0.15) is 0 Å². The first-order valence-corrected chi connectivity index (χ1v) is 7.18. The second-order valence-corrected chi connectivity index (χ2v) is 5.13. The zero-order chi connectivity index (χ0) is 13.5. The summed E-state index contributed by atoms with van der Waals surface area (Å²) in [4.78, 5) is 11.1. The van der Waals surface area contributed by atoms with Crippen LogP contribution in [0.3, 0.4) is 0 Å². The van der Waals surface area contributed by atoms with E-state index in [2.05, 4.69) is 20.2 Å². The van der Waals surface area contributed by atoms with Crippen LogP contribution in [0.25, 0.3) is 0 Å². The van der Waals surface area contributed by atoms with Crippen molar-refractivity contribution < 1.29 is 5.11 Å². The largest absolute Gasteiger partial charge is 0.395 e. The summed E-state index contributed by atoms with van der Waals surface area (Å²) >= 11 is 0. The summed E-state index contributed by atoms with van der Waals surface area (Å²) in [6.07, 6.45) is 9.96. The van der Waals surface area contributed by atoms with Gasteiger partial charge in [0.1, 0.15) is 0 Å². The van der Waals surface area contributed by atoms with Gasteiger partial charge in [0.2, 0.25) is 5.95 Å². The van der Waals surface area contributed by atoms with E-state index in [4.69, 9.17) is 0 Å². The van der Waals surface area contributed by atoms with Gasteiger partial charge in [-0.25, -0.2) is 9.97 Å². The normalized spacial score (nSPS) is 16.5. The van der Waals surface area contributed by atoms with Gasteiger partial charge in [0.05, 0.1) is 6.61 Å². The first kappa shape index (κ1) is 14.2. The monoisotopic (exact) mass is 264 g/mol. The maximum absolute atomic E-state index is 9.26. The van der Waals surface area contributed by atoms with Gasteiger partial charge < -0.3 is 15.3 Å². The van der Waals surface area contributed by atoms with Crippen LogP contribution in [0, 0.1) is 0 Å². The molecule has 0 bridgehead atoms. The number of rotatable bonds is 6. The van der Waals surface area contributed by atoms with E-state index in [1.807, 2.05) is 19.4 Å². The molecule has 5 heteroatoms. The molecule has 0 spiro atoms. The fraction of sp³-hybridized carbons (Fsp3) is 0.714. The highest BCUT2D eigenvalue weighted by Gasteiger charge is 2.22. The van der Waals surface area contributed by atoms with Crippen molar-refractivity contribution in [3.05, 3.63) is 18.0 Å². The van der Waals surface area contributed by atoms with Crippen molar-refractivity contribution in [2.24, 2.45) is 0 Å². The van der Waals surface area contributed by atoms with E-state index in [0.29, 0.717) is 12.6 Å². The lowest BCUT2D eigenvalue weighted by atomic mass is 9.94. The van der Waals surface area contributed by atoms with Gasteiger partial charge in [-0.05, 0) is 19.9 Å². The highest BCUT2D eigenvalue weighted by molar-refractivity contribution is 5.32. The summed E-state index contributed by atoms with van der Waals surface area (Å²) < 4.78 is 0. The number of nitrogens with one attached hydrogen (secondary N) is 1. The van der Waals surface area contributed by atoms with E-state index >= 15 is 0 Å². The molecule has 1 heterocycles. The first-order chi connectivity index (χ1) is 9.35. The zero-order valence-corrected chi connectivity index (χ0v) is 11.7. The number of anilines is 1. The third-order valence-electron chi connectivity index (χ3n) is 3.69. The van der Waals surface area contributed by atoms with Crippen LogP contribution in [-0.4, -0.2) is 41.3 Å². The first-order valence-electron chi connectivity index (χ1n) is 7.18. The quantitative estimate of drug-likeness (QED) is 0.811. The van der Waals surface area contributed by atoms with Crippen LogP contribution in [0.15, 0.2) is 12.4 Å². The van der Waals surface area contributed by atoms with Gasteiger partial charge in [0, 0.05) is 37.1 Å². The third kappa shape index (κ3) is 3.88. The van der Waals surface area contributed by atoms with E-state index in [9.17, 15) is 5.11 Å². The molecule has 5 nitrogen and oxygen atoms in total. The van der Waals surface area contributed by atoms with E-state index in [-0.39, 0.29) is 6.61 Å². The maximum Gasteiger partial charge on any atom is 0.225 e. The average molecular weight is 264 g/mol. The third-order valence-corrected chi connectivity index (χ3v) is 3.69. The Bertz CT molecular complexity index is 362. The number of nitrogens with zero attached hydrogens (tertiary/aromatic N) is 3. The van der Waals surface area contributed by atoms with E-state index < -0.39 is 0 Å². The molecule has 1 aromatic rings. The molecule has 106 valence electrons. The van der Waals surface area contributed by atoms with E-state index in [1.54, 1.807) is 0 Å². The fourth-order valence-electron chi connectivity index (χ4n) is 2.74. The molecule has 0 aromatic carbocycles. The minimum Gasteiger partial charge on any atom is -0.395 e. The molecule has 1 aromatic heterocycles. The van der Waals surface area contributed by atoms with Gasteiger partial charge >= 0.3 is 0 Å². The Morgan fingerprint density at radius 1 is 1.26 bits per heavy atom. The van der Waals surface area contributed by atoms with Crippen molar-refractivity contribution >= 4 is 5.95 Å². The topological polar surface area (TPSA) is 61.3 Å². The number of aliphatic hydroxyl groups excluding tert-OH is 1. The number of hydrogen-bond donors (Lipinski definition) is 2. The van der Waals surface area contributed by atoms with Crippen molar-refractivity contribution in [1.29, 1.82) is 0 Å². The molecule has 1 saturated carbocycles. The summed E-state index contributed by atoms with van der Waals surface area (Å²) in [5.74, 6) is 0.751. The lowest BCUT2D eigenvalue weighted by Gasteiger charge is -2.34. The van der Waals surface area contributed by atoms with Gasteiger partial charge in [0.25, 0.3) is 0 Å². The molecule has 1 aliphatic carbocycles. The van der Waals surface area contributed by atoms with Crippen LogP contribution in [0.5, 0.6) is 0 Å². The maximum atomic E-state index is 9.26. The van der Waals surface area contributed by atoms with Crippen LogP contribution in [0.2, 0.25) is 0 Å². The average Bonchev–Trinajstić information content (AvgIpc) is 2.47. The standard InChI is InChI=1S/C14H24N4O/c1-15-9-12-10-16-14(17-11-12)18(7-8-19)13-5-3-2-4-6-13/h10-11,13,15,19H,2-9H2,1H3. The summed E-state index contributed by atoms with van der Waals surface area (Å²) in [7, 11) is 1.91. The van der Waals surface area contributed by atoms with Gasteiger partial charge in [-0.1, -0.05) is 19.3 Å². The summed E-state index contributed by atoms with van der Waals surface area (Å²) in [6.45, 7) is 1.55. The predicted molar refractivity (Wildman–Crippen MR) is 76.1 cm³/mol. The Morgan fingerprint density at radius 2 is 1.95 bits per heavy atom. The molecule has 0 radical (unpaired) electrons.